The number of benzene rings is 2. The predicted molar refractivity (Wildman–Crippen MR) is 110 cm³/mol. The molecule has 0 saturated carbocycles. The van der Waals surface area contributed by atoms with Gasteiger partial charge in [0.25, 0.3) is 11.8 Å². The van der Waals surface area contributed by atoms with Crippen molar-refractivity contribution in [3.05, 3.63) is 66.2 Å². The summed E-state index contributed by atoms with van der Waals surface area (Å²) in [5, 5.41) is 12.4. The topological polar surface area (TPSA) is 86.1 Å². The minimum Gasteiger partial charge on any atom is -0.343 e. The number of fused-ring (bicyclic) bond motifs is 1. The Bertz CT molecular complexity index is 1260. The third-order valence-electron chi connectivity index (χ3n) is 5.36. The van der Waals surface area contributed by atoms with Gasteiger partial charge in [-0.05, 0) is 23.1 Å². The number of amides is 2. The highest BCUT2D eigenvalue weighted by Crippen LogP contribution is 2.33. The minimum absolute atomic E-state index is 0.188. The summed E-state index contributed by atoms with van der Waals surface area (Å²) in [6.07, 6.45) is 2.14. The second-order valence-corrected chi connectivity index (χ2v) is 7.47. The number of nitriles is 1. The summed E-state index contributed by atoms with van der Waals surface area (Å²) in [6, 6.07) is 11.5. The summed E-state index contributed by atoms with van der Waals surface area (Å²) in [4.78, 5) is 30.1. The van der Waals surface area contributed by atoms with Gasteiger partial charge >= 0.3 is 0 Å². The fraction of sp³-hybridized carbons (Fsp3) is 0.217. The zero-order valence-corrected chi connectivity index (χ0v) is 16.7. The normalized spacial score (nSPS) is 17.2. The molecule has 3 aromatic rings. The molecule has 1 atom stereocenters. The van der Waals surface area contributed by atoms with Crippen LogP contribution in [0.3, 0.4) is 0 Å². The molecular formula is C23H17F3N4O2. The van der Waals surface area contributed by atoms with Crippen molar-refractivity contribution in [1.29, 1.82) is 5.26 Å². The Hall–Kier alpha value is -3.93. The van der Waals surface area contributed by atoms with Gasteiger partial charge < -0.3 is 10.2 Å². The van der Waals surface area contributed by atoms with Crippen molar-refractivity contribution in [2.75, 3.05) is 13.1 Å². The summed E-state index contributed by atoms with van der Waals surface area (Å²) in [5.41, 5.74) is 1.19. The van der Waals surface area contributed by atoms with Gasteiger partial charge in [-0.1, -0.05) is 30.3 Å². The largest absolute Gasteiger partial charge is 0.343 e. The number of rotatable bonds is 4. The van der Waals surface area contributed by atoms with Crippen molar-refractivity contribution in [3.8, 4) is 17.2 Å². The molecule has 0 aliphatic carbocycles. The fourth-order valence-corrected chi connectivity index (χ4v) is 3.86. The Morgan fingerprint density at radius 2 is 1.91 bits per heavy atom. The number of aromatic nitrogens is 1. The van der Waals surface area contributed by atoms with Gasteiger partial charge in [0, 0.05) is 29.8 Å². The van der Waals surface area contributed by atoms with Crippen LogP contribution < -0.4 is 5.32 Å². The number of nitrogens with one attached hydrogen (secondary N) is 1. The SMILES string of the molecule is N#CC1CC(F)(F)CN1C(=O)CNC(=O)c1ccncc1-c1cccc2c(F)cccc12. The monoisotopic (exact) mass is 438 g/mol. The number of nitrogens with zero attached hydrogens (tertiary/aromatic N) is 3. The fourth-order valence-electron chi connectivity index (χ4n) is 3.86. The summed E-state index contributed by atoms with van der Waals surface area (Å²) in [5.74, 6) is -4.94. The van der Waals surface area contributed by atoms with Crippen LogP contribution in [0.15, 0.2) is 54.9 Å². The Balaban J connectivity index is 1.58. The van der Waals surface area contributed by atoms with E-state index in [4.69, 9.17) is 5.26 Å². The Morgan fingerprint density at radius 3 is 2.69 bits per heavy atom. The molecule has 2 heterocycles. The van der Waals surface area contributed by atoms with E-state index in [-0.39, 0.29) is 5.56 Å². The van der Waals surface area contributed by atoms with E-state index in [2.05, 4.69) is 10.3 Å². The molecule has 1 N–H and O–H groups in total. The van der Waals surface area contributed by atoms with Gasteiger partial charge in [0.15, 0.2) is 0 Å². The quantitative estimate of drug-likeness (QED) is 0.675. The number of hydrogen-bond acceptors (Lipinski definition) is 4. The molecule has 32 heavy (non-hydrogen) atoms. The van der Waals surface area contributed by atoms with Crippen LogP contribution in [-0.4, -0.2) is 46.8 Å². The first-order valence-electron chi connectivity index (χ1n) is 9.77. The molecule has 1 aromatic heterocycles. The van der Waals surface area contributed by atoms with E-state index >= 15 is 0 Å². The summed E-state index contributed by atoms with van der Waals surface area (Å²) in [7, 11) is 0. The number of alkyl halides is 2. The second-order valence-electron chi connectivity index (χ2n) is 7.47. The highest BCUT2D eigenvalue weighted by molar-refractivity contribution is 6.06. The summed E-state index contributed by atoms with van der Waals surface area (Å²) in [6.45, 7) is -1.40. The highest BCUT2D eigenvalue weighted by atomic mass is 19.3. The van der Waals surface area contributed by atoms with Gasteiger partial charge in [0.1, 0.15) is 11.9 Å². The molecule has 0 bridgehead atoms. The maximum atomic E-state index is 14.2. The van der Waals surface area contributed by atoms with Crippen LogP contribution in [0.1, 0.15) is 16.8 Å². The predicted octanol–water partition coefficient (Wildman–Crippen LogP) is 3.53. The molecule has 1 fully saturated rings. The van der Waals surface area contributed by atoms with E-state index in [1.165, 1.54) is 24.5 Å². The smallest absolute Gasteiger partial charge is 0.268 e. The molecule has 1 aliphatic heterocycles. The first-order chi connectivity index (χ1) is 15.3. The lowest BCUT2D eigenvalue weighted by Gasteiger charge is -2.19. The third kappa shape index (κ3) is 3.99. The van der Waals surface area contributed by atoms with Crippen LogP contribution in [0.4, 0.5) is 13.2 Å². The highest BCUT2D eigenvalue weighted by Gasteiger charge is 2.47. The van der Waals surface area contributed by atoms with Crippen molar-refractivity contribution < 1.29 is 22.8 Å². The zero-order chi connectivity index (χ0) is 22.9. The molecule has 6 nitrogen and oxygen atoms in total. The number of likely N-dealkylation sites (tertiary alicyclic amines) is 1. The van der Waals surface area contributed by atoms with Crippen molar-refractivity contribution in [2.45, 2.75) is 18.4 Å². The minimum atomic E-state index is -3.14. The van der Waals surface area contributed by atoms with Gasteiger partial charge in [-0.15, -0.1) is 0 Å². The Kier molecular flexibility index (Phi) is 5.53. The van der Waals surface area contributed by atoms with E-state index < -0.39 is 49.1 Å². The number of carbonyl (C=O) groups excluding carboxylic acids is 2. The lowest BCUT2D eigenvalue weighted by Crippen LogP contribution is -2.43. The lowest BCUT2D eigenvalue weighted by molar-refractivity contribution is -0.131. The molecule has 162 valence electrons. The van der Waals surface area contributed by atoms with Crippen LogP contribution in [0.2, 0.25) is 0 Å². The van der Waals surface area contributed by atoms with E-state index in [9.17, 15) is 22.8 Å². The molecule has 0 radical (unpaired) electrons. The van der Waals surface area contributed by atoms with Crippen LogP contribution in [0.5, 0.6) is 0 Å². The van der Waals surface area contributed by atoms with Crippen LogP contribution >= 0.6 is 0 Å². The molecule has 0 spiro atoms. The van der Waals surface area contributed by atoms with Crippen molar-refractivity contribution >= 4 is 22.6 Å². The first kappa shape index (κ1) is 21.3. The Labute approximate surface area is 181 Å². The van der Waals surface area contributed by atoms with E-state index in [0.717, 1.165) is 4.90 Å². The van der Waals surface area contributed by atoms with Gasteiger partial charge in [-0.2, -0.15) is 5.26 Å². The van der Waals surface area contributed by atoms with Crippen molar-refractivity contribution in [2.24, 2.45) is 0 Å². The van der Waals surface area contributed by atoms with E-state index in [1.807, 2.05) is 0 Å². The second kappa shape index (κ2) is 8.30. The van der Waals surface area contributed by atoms with Crippen molar-refractivity contribution in [3.63, 3.8) is 0 Å². The maximum absolute atomic E-state index is 14.2. The third-order valence-corrected chi connectivity index (χ3v) is 5.36. The average molecular weight is 438 g/mol. The molecule has 2 aromatic carbocycles. The van der Waals surface area contributed by atoms with E-state index in [0.29, 0.717) is 21.9 Å². The summed E-state index contributed by atoms with van der Waals surface area (Å²) < 4.78 is 41.4. The van der Waals surface area contributed by atoms with Gasteiger partial charge in [-0.25, -0.2) is 13.2 Å². The summed E-state index contributed by atoms with van der Waals surface area (Å²) >= 11 is 0. The standard InChI is InChI=1S/C23H17F3N4O2/c24-20-6-2-4-15-16(3-1-5-17(15)20)19-11-28-8-7-18(19)22(32)29-12-21(31)30-13-23(25,26)9-14(30)10-27/h1-8,11,14H,9,12-13H2,(H,29,32). The van der Waals surface area contributed by atoms with Gasteiger partial charge in [0.2, 0.25) is 5.91 Å². The zero-order valence-electron chi connectivity index (χ0n) is 16.7. The molecular weight excluding hydrogens is 421 g/mol. The number of carbonyl (C=O) groups is 2. The number of pyridine rings is 1. The van der Waals surface area contributed by atoms with Gasteiger partial charge in [0.05, 0.1) is 24.7 Å². The first-order valence-corrected chi connectivity index (χ1v) is 9.77. The van der Waals surface area contributed by atoms with Crippen molar-refractivity contribution in [1.82, 2.24) is 15.2 Å². The average Bonchev–Trinajstić information content (AvgIpc) is 3.12. The lowest BCUT2D eigenvalue weighted by atomic mass is 9.95. The number of halogens is 3. The van der Waals surface area contributed by atoms with E-state index in [1.54, 1.807) is 36.4 Å². The van der Waals surface area contributed by atoms with Crippen LogP contribution in [0.25, 0.3) is 21.9 Å². The molecule has 1 aliphatic rings. The molecule has 2 amide bonds. The van der Waals surface area contributed by atoms with Crippen LogP contribution in [-0.2, 0) is 4.79 Å². The molecule has 4 rings (SSSR count). The molecule has 1 unspecified atom stereocenters. The number of hydrogen-bond donors (Lipinski definition) is 1. The molecule has 9 heteroatoms. The maximum Gasteiger partial charge on any atom is 0.268 e. The van der Waals surface area contributed by atoms with Gasteiger partial charge in [-0.3, -0.25) is 14.6 Å². The van der Waals surface area contributed by atoms with Crippen LogP contribution in [0, 0.1) is 17.1 Å². The molecule has 1 saturated heterocycles. The Morgan fingerprint density at radius 1 is 1.16 bits per heavy atom.